The second-order valence-electron chi connectivity index (χ2n) is 10.2. The van der Waals surface area contributed by atoms with E-state index in [4.69, 9.17) is 26.3 Å². The van der Waals surface area contributed by atoms with E-state index in [2.05, 4.69) is 48.8 Å². The molecular formula is C26H32ClN9O. The van der Waals surface area contributed by atoms with Gasteiger partial charge in [0.1, 0.15) is 11.9 Å². The average Bonchev–Trinajstić information content (AvgIpc) is 3.51. The van der Waals surface area contributed by atoms with Crippen LogP contribution in [0.15, 0.2) is 30.6 Å². The molecule has 0 unspecified atom stereocenters. The Kier molecular flexibility index (Phi) is 6.46. The number of fused-ring (bicyclic) bond motifs is 1. The number of benzene rings is 1. The van der Waals surface area contributed by atoms with E-state index >= 15 is 0 Å². The Morgan fingerprint density at radius 1 is 1.11 bits per heavy atom. The summed E-state index contributed by atoms with van der Waals surface area (Å²) >= 11 is 6.13. The normalized spacial score (nSPS) is 20.0. The summed E-state index contributed by atoms with van der Waals surface area (Å²) in [4.78, 5) is 14.4. The first-order valence-corrected chi connectivity index (χ1v) is 13.4. The molecular weight excluding hydrogens is 490 g/mol. The van der Waals surface area contributed by atoms with Crippen molar-refractivity contribution in [3.8, 4) is 0 Å². The molecule has 1 aliphatic carbocycles. The third-order valence-corrected chi connectivity index (χ3v) is 7.33. The zero-order chi connectivity index (χ0) is 25.5. The molecule has 2 atom stereocenters. The van der Waals surface area contributed by atoms with Crippen molar-refractivity contribution in [3.63, 3.8) is 0 Å². The van der Waals surface area contributed by atoms with Gasteiger partial charge in [0.25, 0.3) is 0 Å². The maximum absolute atomic E-state index is 6.22. The highest BCUT2D eigenvalue weighted by molar-refractivity contribution is 6.30. The SMILES string of the molecule is Cc1nnc(CNc2nc(N[C@@H]3CCCO[C@H]3c3ccc(Cl)cc3)c3ncn(C(C)C)c3n2)n1C1CC1. The molecule has 6 rings (SSSR count). The molecule has 1 saturated carbocycles. The largest absolute Gasteiger partial charge is 0.371 e. The number of aryl methyl sites for hydroxylation is 1. The van der Waals surface area contributed by atoms with Gasteiger partial charge in [-0.2, -0.15) is 9.97 Å². The molecule has 0 spiro atoms. The lowest BCUT2D eigenvalue weighted by molar-refractivity contribution is 0.00559. The lowest BCUT2D eigenvalue weighted by atomic mass is 9.96. The molecule has 2 fully saturated rings. The van der Waals surface area contributed by atoms with Gasteiger partial charge in [-0.05, 0) is 64.2 Å². The zero-order valence-electron chi connectivity index (χ0n) is 21.4. The number of nitrogens with one attached hydrogen (secondary N) is 2. The van der Waals surface area contributed by atoms with Crippen LogP contribution in [0, 0.1) is 6.92 Å². The first kappa shape index (κ1) is 24.1. The first-order valence-electron chi connectivity index (χ1n) is 13.0. The van der Waals surface area contributed by atoms with Crippen molar-refractivity contribution in [2.45, 2.75) is 77.2 Å². The number of anilines is 2. The highest BCUT2D eigenvalue weighted by Gasteiger charge is 2.30. The molecule has 1 saturated heterocycles. The quantitative estimate of drug-likeness (QED) is 0.324. The van der Waals surface area contributed by atoms with E-state index in [1.54, 1.807) is 0 Å². The molecule has 4 heterocycles. The Morgan fingerprint density at radius 2 is 1.92 bits per heavy atom. The van der Waals surface area contributed by atoms with E-state index in [0.717, 1.165) is 47.8 Å². The van der Waals surface area contributed by atoms with Crippen molar-refractivity contribution in [2.75, 3.05) is 17.2 Å². The molecule has 11 heteroatoms. The number of halogens is 1. The van der Waals surface area contributed by atoms with Gasteiger partial charge >= 0.3 is 0 Å². The van der Waals surface area contributed by atoms with Gasteiger partial charge in [0.15, 0.2) is 22.8 Å². The van der Waals surface area contributed by atoms with Gasteiger partial charge in [0.05, 0.1) is 18.9 Å². The minimum Gasteiger partial charge on any atom is -0.371 e. The summed E-state index contributed by atoms with van der Waals surface area (Å²) < 4.78 is 10.5. The lowest BCUT2D eigenvalue weighted by Crippen LogP contribution is -2.34. The summed E-state index contributed by atoms with van der Waals surface area (Å²) in [6.07, 6.45) is 6.00. The molecule has 1 aromatic carbocycles. The van der Waals surface area contributed by atoms with Crippen LogP contribution in [0.1, 0.15) is 74.9 Å². The topological polar surface area (TPSA) is 108 Å². The number of imidazole rings is 1. The molecule has 0 bridgehead atoms. The molecule has 0 amide bonds. The Labute approximate surface area is 220 Å². The van der Waals surface area contributed by atoms with Crippen LogP contribution in [-0.4, -0.2) is 46.9 Å². The third kappa shape index (κ3) is 4.87. The van der Waals surface area contributed by atoms with Gasteiger partial charge in [-0.15, -0.1) is 10.2 Å². The molecule has 0 radical (unpaired) electrons. The van der Waals surface area contributed by atoms with Crippen LogP contribution in [0.4, 0.5) is 11.8 Å². The summed E-state index contributed by atoms with van der Waals surface area (Å²) in [7, 11) is 0. The van der Waals surface area contributed by atoms with Crippen molar-refractivity contribution < 1.29 is 4.74 Å². The van der Waals surface area contributed by atoms with Crippen LogP contribution in [-0.2, 0) is 11.3 Å². The van der Waals surface area contributed by atoms with Crippen molar-refractivity contribution in [1.29, 1.82) is 0 Å². The highest BCUT2D eigenvalue weighted by atomic mass is 35.5. The van der Waals surface area contributed by atoms with Crippen LogP contribution in [0.2, 0.25) is 5.02 Å². The van der Waals surface area contributed by atoms with Crippen molar-refractivity contribution in [3.05, 3.63) is 52.8 Å². The molecule has 10 nitrogen and oxygen atoms in total. The van der Waals surface area contributed by atoms with E-state index in [1.165, 1.54) is 12.8 Å². The summed E-state index contributed by atoms with van der Waals surface area (Å²) in [5.41, 5.74) is 2.62. The molecule has 1 aliphatic heterocycles. The third-order valence-electron chi connectivity index (χ3n) is 7.07. The smallest absolute Gasteiger partial charge is 0.227 e. The molecule has 2 aliphatic rings. The monoisotopic (exact) mass is 521 g/mol. The summed E-state index contributed by atoms with van der Waals surface area (Å²) in [5.74, 6) is 3.07. The van der Waals surface area contributed by atoms with Crippen LogP contribution in [0.3, 0.4) is 0 Å². The number of nitrogens with zero attached hydrogens (tertiary/aromatic N) is 7. The van der Waals surface area contributed by atoms with E-state index in [1.807, 2.05) is 37.5 Å². The summed E-state index contributed by atoms with van der Waals surface area (Å²) in [6, 6.07) is 8.62. The molecule has 3 aromatic heterocycles. The minimum atomic E-state index is -0.111. The minimum absolute atomic E-state index is 0.0330. The van der Waals surface area contributed by atoms with Crippen molar-refractivity contribution in [2.24, 2.45) is 0 Å². The average molecular weight is 522 g/mol. The molecule has 194 valence electrons. The fraction of sp³-hybridized carbons (Fsp3) is 0.500. The van der Waals surface area contributed by atoms with Gasteiger partial charge < -0.3 is 24.5 Å². The molecule has 37 heavy (non-hydrogen) atoms. The van der Waals surface area contributed by atoms with E-state index < -0.39 is 0 Å². The predicted octanol–water partition coefficient (Wildman–Crippen LogP) is 5.24. The Balaban J connectivity index is 1.31. The number of rotatable bonds is 8. The van der Waals surface area contributed by atoms with Gasteiger partial charge in [-0.1, -0.05) is 23.7 Å². The van der Waals surface area contributed by atoms with Gasteiger partial charge in [0.2, 0.25) is 5.95 Å². The van der Waals surface area contributed by atoms with E-state index in [9.17, 15) is 0 Å². The fourth-order valence-corrected chi connectivity index (χ4v) is 5.19. The first-order chi connectivity index (χ1) is 18.0. The number of hydrogen-bond donors (Lipinski definition) is 2. The van der Waals surface area contributed by atoms with Gasteiger partial charge in [0, 0.05) is 23.7 Å². The van der Waals surface area contributed by atoms with Gasteiger partial charge in [-0.3, -0.25) is 0 Å². The molecule has 2 N–H and O–H groups in total. The van der Waals surface area contributed by atoms with E-state index in [-0.39, 0.29) is 18.2 Å². The highest BCUT2D eigenvalue weighted by Crippen LogP contribution is 2.37. The van der Waals surface area contributed by atoms with E-state index in [0.29, 0.717) is 29.4 Å². The number of ether oxygens (including phenoxy) is 1. The van der Waals surface area contributed by atoms with Crippen LogP contribution < -0.4 is 10.6 Å². The van der Waals surface area contributed by atoms with Gasteiger partial charge in [-0.25, -0.2) is 4.98 Å². The maximum atomic E-state index is 6.22. The second-order valence-corrected chi connectivity index (χ2v) is 10.6. The van der Waals surface area contributed by atoms with Crippen molar-refractivity contribution in [1.82, 2.24) is 34.3 Å². The Bertz CT molecular complexity index is 1390. The van der Waals surface area contributed by atoms with Crippen LogP contribution >= 0.6 is 11.6 Å². The summed E-state index contributed by atoms with van der Waals surface area (Å²) in [6.45, 7) is 7.47. The zero-order valence-corrected chi connectivity index (χ0v) is 22.1. The molecule has 4 aromatic rings. The Morgan fingerprint density at radius 3 is 2.68 bits per heavy atom. The standard InChI is InChI=1S/C26H32ClN9O/c1-15(2)35-14-29-22-24(30-20-5-4-12-37-23(20)17-6-8-18(27)9-7-17)31-26(32-25(22)35)28-13-21-34-33-16(3)36(21)19-10-11-19/h6-9,14-15,19-20,23H,4-5,10-13H2,1-3H3,(H2,28,30,31,32)/t20-,23+/m1/s1. The van der Waals surface area contributed by atoms with Crippen LogP contribution in [0.5, 0.6) is 0 Å². The van der Waals surface area contributed by atoms with Crippen LogP contribution in [0.25, 0.3) is 11.2 Å². The summed E-state index contributed by atoms with van der Waals surface area (Å²) in [5, 5.41) is 16.5. The Hall–Kier alpha value is -3.24. The number of hydrogen-bond acceptors (Lipinski definition) is 8. The predicted molar refractivity (Wildman–Crippen MR) is 143 cm³/mol. The second kappa shape index (κ2) is 9.90. The maximum Gasteiger partial charge on any atom is 0.227 e. The fourth-order valence-electron chi connectivity index (χ4n) is 5.06. The number of aromatic nitrogens is 7. The lowest BCUT2D eigenvalue weighted by Gasteiger charge is -2.33. The van der Waals surface area contributed by atoms with Crippen molar-refractivity contribution >= 4 is 34.5 Å².